The Hall–Kier alpha value is -3.31. The Morgan fingerprint density at radius 1 is 0.917 bits per heavy atom. The monoisotopic (exact) mass is 502 g/mol. The lowest BCUT2D eigenvalue weighted by molar-refractivity contribution is -0.131. The quantitative estimate of drug-likeness (QED) is 0.251. The number of nitrogens with one attached hydrogen (secondary N) is 4. The molecule has 1 heterocycles. The lowest BCUT2D eigenvalue weighted by Crippen LogP contribution is -2.52. The van der Waals surface area contributed by atoms with E-state index in [0.717, 1.165) is 5.56 Å². The maximum atomic E-state index is 12.8. The zero-order valence-corrected chi connectivity index (χ0v) is 20.7. The molecule has 2 unspecified atom stereocenters. The predicted octanol–water partition coefficient (Wildman–Crippen LogP) is -1.18. The third-order valence-corrected chi connectivity index (χ3v) is 5.57. The van der Waals surface area contributed by atoms with Crippen molar-refractivity contribution in [2.24, 2.45) is 5.92 Å². The first-order valence-electron chi connectivity index (χ1n) is 12.0. The number of Topliss-reactive ketones (excluding diaryl/α,β-unsaturated/α-hetero) is 1. The van der Waals surface area contributed by atoms with Gasteiger partial charge in [-0.25, -0.2) is 0 Å². The Labute approximate surface area is 211 Å². The van der Waals surface area contributed by atoms with Gasteiger partial charge >= 0.3 is 0 Å². The van der Waals surface area contributed by atoms with E-state index in [1.54, 1.807) is 6.92 Å². The maximum Gasteiger partial charge on any atom is 0.243 e. The molecule has 0 bridgehead atoms. The fraction of sp³-hybridized carbons (Fsp3) is 0.520. The van der Waals surface area contributed by atoms with Crippen LogP contribution in [0.5, 0.6) is 0 Å². The molecule has 1 aromatic carbocycles. The molecule has 1 radical (unpaired) electrons. The summed E-state index contributed by atoms with van der Waals surface area (Å²) in [6.07, 6.45) is 0.918. The first kappa shape index (κ1) is 28.9. The summed E-state index contributed by atoms with van der Waals surface area (Å²) in [5.41, 5.74) is 1.02. The molecule has 11 heteroatoms. The summed E-state index contributed by atoms with van der Waals surface area (Å²) in [5.74, 6) is -2.54. The first-order valence-corrected chi connectivity index (χ1v) is 12.0. The van der Waals surface area contributed by atoms with Crippen LogP contribution in [0.15, 0.2) is 30.3 Å². The highest BCUT2D eigenvalue weighted by atomic mass is 16.5. The van der Waals surface area contributed by atoms with Crippen LogP contribution in [0.3, 0.4) is 0 Å². The van der Waals surface area contributed by atoms with E-state index in [4.69, 9.17) is 4.74 Å². The summed E-state index contributed by atoms with van der Waals surface area (Å²) in [4.78, 5) is 62.7. The Bertz CT molecular complexity index is 886. The molecule has 0 aliphatic carbocycles. The van der Waals surface area contributed by atoms with Crippen LogP contribution < -0.4 is 21.3 Å². The van der Waals surface area contributed by atoms with E-state index in [9.17, 15) is 24.0 Å². The summed E-state index contributed by atoms with van der Waals surface area (Å²) >= 11 is 0. The van der Waals surface area contributed by atoms with Gasteiger partial charge in [-0.15, -0.1) is 0 Å². The summed E-state index contributed by atoms with van der Waals surface area (Å²) in [5, 5.41) is 10.1. The summed E-state index contributed by atoms with van der Waals surface area (Å²) in [6.45, 7) is 6.91. The van der Waals surface area contributed by atoms with Gasteiger partial charge in [-0.1, -0.05) is 37.3 Å². The third-order valence-electron chi connectivity index (χ3n) is 5.57. The van der Waals surface area contributed by atoms with Crippen molar-refractivity contribution >= 4 is 29.4 Å². The smallest absolute Gasteiger partial charge is 0.243 e. The fourth-order valence-corrected chi connectivity index (χ4v) is 3.38. The molecule has 4 amide bonds. The lowest BCUT2D eigenvalue weighted by Gasteiger charge is -2.27. The second-order valence-corrected chi connectivity index (χ2v) is 8.67. The molecule has 1 saturated heterocycles. The van der Waals surface area contributed by atoms with Gasteiger partial charge in [0.15, 0.2) is 5.78 Å². The van der Waals surface area contributed by atoms with Crippen molar-refractivity contribution in [1.29, 1.82) is 0 Å². The first-order chi connectivity index (χ1) is 17.2. The molecular formula is C25H36N5O6. The highest BCUT2D eigenvalue weighted by molar-refractivity contribution is 5.92. The van der Waals surface area contributed by atoms with Gasteiger partial charge in [0.25, 0.3) is 0 Å². The molecule has 2 atom stereocenters. The Morgan fingerprint density at radius 2 is 1.53 bits per heavy atom. The zero-order chi connectivity index (χ0) is 26.3. The summed E-state index contributed by atoms with van der Waals surface area (Å²) < 4.78 is 5.29. The van der Waals surface area contributed by atoms with Crippen molar-refractivity contribution in [1.82, 2.24) is 26.2 Å². The molecule has 4 N–H and O–H groups in total. The number of hydrogen-bond acceptors (Lipinski definition) is 7. The number of carbonyl (C=O) groups is 5. The zero-order valence-electron chi connectivity index (χ0n) is 20.7. The van der Waals surface area contributed by atoms with E-state index in [2.05, 4.69) is 28.2 Å². The van der Waals surface area contributed by atoms with E-state index >= 15 is 0 Å². The van der Waals surface area contributed by atoms with Gasteiger partial charge in [-0.05, 0) is 25.3 Å². The highest BCUT2D eigenvalue weighted by Crippen LogP contribution is 2.06. The van der Waals surface area contributed by atoms with Crippen LogP contribution >= 0.6 is 0 Å². The van der Waals surface area contributed by atoms with Crippen molar-refractivity contribution in [2.75, 3.05) is 52.5 Å². The molecule has 1 aromatic rings. The van der Waals surface area contributed by atoms with Crippen LogP contribution in [-0.4, -0.2) is 92.8 Å². The van der Waals surface area contributed by atoms with E-state index in [1.807, 2.05) is 35.2 Å². The molecular weight excluding hydrogens is 466 g/mol. The van der Waals surface area contributed by atoms with Gasteiger partial charge in [-0.3, -0.25) is 28.9 Å². The van der Waals surface area contributed by atoms with Crippen LogP contribution in [0, 0.1) is 12.8 Å². The molecule has 0 spiro atoms. The second-order valence-electron chi connectivity index (χ2n) is 8.67. The minimum Gasteiger partial charge on any atom is -0.379 e. The van der Waals surface area contributed by atoms with Gasteiger partial charge < -0.3 is 26.0 Å². The molecule has 1 aliphatic rings. The number of hydrogen-bond donors (Lipinski definition) is 4. The number of amides is 4. The standard InChI is InChI=1S/C25H36N5O6/c1-18(2)21(31)14-26-22(32)15-27-23(33)16-28-25(35)20(9-8-19-6-4-3-5-7-19)29-24(34)17-30-10-12-36-13-11-30/h3-7,18,20H,1,8-17H2,2H3,(H,26,32)(H,27,33)(H,28,35)(H,29,34). The number of rotatable bonds is 14. The predicted molar refractivity (Wildman–Crippen MR) is 133 cm³/mol. The number of ketones is 1. The number of benzene rings is 1. The molecule has 1 aliphatic heterocycles. The molecule has 1 fully saturated rings. The van der Waals surface area contributed by atoms with E-state index in [-0.39, 0.29) is 37.9 Å². The van der Waals surface area contributed by atoms with Gasteiger partial charge in [0.05, 0.1) is 39.4 Å². The van der Waals surface area contributed by atoms with Crippen LogP contribution in [0.4, 0.5) is 0 Å². The maximum absolute atomic E-state index is 12.8. The molecule has 0 aromatic heterocycles. The number of morpholine rings is 1. The average Bonchev–Trinajstić information content (AvgIpc) is 2.88. The molecule has 197 valence electrons. The summed E-state index contributed by atoms with van der Waals surface area (Å²) in [6, 6.07) is 8.75. The largest absolute Gasteiger partial charge is 0.379 e. The second kappa shape index (κ2) is 15.6. The molecule has 36 heavy (non-hydrogen) atoms. The van der Waals surface area contributed by atoms with Crippen molar-refractivity contribution in [3.63, 3.8) is 0 Å². The number of nitrogens with zero attached hydrogens (tertiary/aromatic N) is 1. The number of ether oxygens (including phenoxy) is 1. The number of aryl methyl sites for hydroxylation is 1. The van der Waals surface area contributed by atoms with Gasteiger partial charge in [-0.2, -0.15) is 0 Å². The minimum absolute atomic E-state index is 0.156. The van der Waals surface area contributed by atoms with E-state index in [1.165, 1.54) is 0 Å². The van der Waals surface area contributed by atoms with Gasteiger partial charge in [0.2, 0.25) is 23.6 Å². The van der Waals surface area contributed by atoms with Crippen molar-refractivity contribution in [3.8, 4) is 0 Å². The van der Waals surface area contributed by atoms with Gasteiger partial charge in [0.1, 0.15) is 6.04 Å². The van der Waals surface area contributed by atoms with Crippen molar-refractivity contribution in [3.05, 3.63) is 42.8 Å². The average molecular weight is 503 g/mol. The summed E-state index contributed by atoms with van der Waals surface area (Å²) in [7, 11) is 0. The van der Waals surface area contributed by atoms with Crippen LogP contribution in [0.1, 0.15) is 18.9 Å². The van der Waals surface area contributed by atoms with Gasteiger partial charge in [0, 0.05) is 19.0 Å². The Kier molecular flexibility index (Phi) is 12.6. The molecule has 0 saturated carbocycles. The van der Waals surface area contributed by atoms with Crippen LogP contribution in [0.25, 0.3) is 0 Å². The Morgan fingerprint density at radius 3 is 2.17 bits per heavy atom. The Balaban J connectivity index is 1.82. The normalized spacial score (nSPS) is 14.5. The van der Waals surface area contributed by atoms with E-state index < -0.39 is 29.7 Å². The number of carbonyl (C=O) groups excluding carboxylic acids is 5. The molecule has 11 nitrogen and oxygen atoms in total. The minimum atomic E-state index is -0.828. The fourth-order valence-electron chi connectivity index (χ4n) is 3.38. The van der Waals surface area contributed by atoms with Crippen LogP contribution in [-0.2, 0) is 35.1 Å². The van der Waals surface area contributed by atoms with Crippen molar-refractivity contribution < 1.29 is 28.7 Å². The van der Waals surface area contributed by atoms with Crippen molar-refractivity contribution in [2.45, 2.75) is 25.8 Å². The van der Waals surface area contributed by atoms with E-state index in [0.29, 0.717) is 39.1 Å². The molecule has 2 rings (SSSR count). The van der Waals surface area contributed by atoms with Crippen LogP contribution in [0.2, 0.25) is 0 Å². The highest BCUT2D eigenvalue weighted by Gasteiger charge is 2.23. The third kappa shape index (κ3) is 11.4. The SMILES string of the molecule is [CH2]C(C)C(=O)CNC(=O)CNC(=O)CNC(=O)C(CCc1ccccc1)NC(=O)CN1CCOCC1. The lowest BCUT2D eigenvalue weighted by atomic mass is 10.0. The topological polar surface area (TPSA) is 146 Å².